The predicted molar refractivity (Wildman–Crippen MR) is 87.2 cm³/mol. The molecule has 0 aliphatic rings. The maximum atomic E-state index is 12.2. The fourth-order valence-electron chi connectivity index (χ4n) is 1.98. The minimum absolute atomic E-state index is 0.0379. The quantitative estimate of drug-likeness (QED) is 0.891. The lowest BCUT2D eigenvalue weighted by atomic mass is 10.1. The number of amides is 2. The molecule has 0 unspecified atom stereocenters. The van der Waals surface area contributed by atoms with E-state index in [4.69, 9.17) is 5.14 Å². The number of nitrogens with zero attached hydrogens (tertiary/aromatic N) is 2. The highest BCUT2D eigenvalue weighted by Crippen LogP contribution is 2.21. The second-order valence-corrected chi connectivity index (χ2v) is 6.63. The van der Waals surface area contributed by atoms with Crippen molar-refractivity contribution in [2.45, 2.75) is 17.9 Å². The third-order valence-corrected chi connectivity index (χ3v) is 4.43. The van der Waals surface area contributed by atoms with Gasteiger partial charge in [-0.05, 0) is 36.8 Å². The van der Waals surface area contributed by atoms with Crippen LogP contribution in [0.1, 0.15) is 18.5 Å². The zero-order chi connectivity index (χ0) is 17.0. The summed E-state index contributed by atoms with van der Waals surface area (Å²) in [6.07, 6.45) is 3.17. The van der Waals surface area contributed by atoms with Crippen molar-refractivity contribution in [3.05, 3.63) is 54.4 Å². The summed E-state index contributed by atoms with van der Waals surface area (Å²) in [5.41, 5.74) is 1.39. The largest absolute Gasteiger partial charge is 0.322 e. The normalized spacial score (nSPS) is 12.5. The van der Waals surface area contributed by atoms with Crippen LogP contribution in [0.15, 0.2) is 53.7 Å². The molecule has 2 rings (SSSR count). The molecule has 1 aromatic heterocycles. The molecule has 122 valence electrons. The van der Waals surface area contributed by atoms with E-state index >= 15 is 0 Å². The van der Waals surface area contributed by atoms with Crippen LogP contribution in [-0.2, 0) is 10.0 Å². The second kappa shape index (κ2) is 6.76. The molecule has 0 bridgehead atoms. The average molecular weight is 334 g/mol. The smallest absolute Gasteiger partial charge is 0.321 e. The summed E-state index contributed by atoms with van der Waals surface area (Å²) in [5.74, 6) is 0. The minimum Gasteiger partial charge on any atom is -0.321 e. The number of benzene rings is 1. The van der Waals surface area contributed by atoms with Gasteiger partial charge in [0.15, 0.2) is 0 Å². The number of pyridine rings is 1. The fraction of sp³-hybridized carbons (Fsp3) is 0.200. The van der Waals surface area contributed by atoms with Crippen LogP contribution < -0.4 is 10.5 Å². The maximum absolute atomic E-state index is 12.2. The van der Waals surface area contributed by atoms with Crippen molar-refractivity contribution in [3.63, 3.8) is 0 Å². The lowest BCUT2D eigenvalue weighted by Gasteiger charge is -2.25. The van der Waals surface area contributed by atoms with Gasteiger partial charge in [0.1, 0.15) is 0 Å². The van der Waals surface area contributed by atoms with Crippen LogP contribution in [0, 0.1) is 0 Å². The van der Waals surface area contributed by atoms with Crippen molar-refractivity contribution < 1.29 is 13.2 Å². The Morgan fingerprint density at radius 1 is 1.26 bits per heavy atom. The molecule has 0 saturated carbocycles. The standard InChI is InChI=1S/C15H18N4O3S/c1-11(12-5-7-14(8-6-12)23(16,21)22)19(2)15(20)18-13-4-3-9-17-10-13/h3-11H,1-2H3,(H,18,20)(H2,16,21,22)/t11-/m0/s1. The average Bonchev–Trinajstić information content (AvgIpc) is 2.53. The fourth-order valence-corrected chi connectivity index (χ4v) is 2.50. The monoisotopic (exact) mass is 334 g/mol. The molecule has 0 spiro atoms. The van der Waals surface area contributed by atoms with Gasteiger partial charge in [-0.2, -0.15) is 0 Å². The van der Waals surface area contributed by atoms with E-state index in [1.54, 1.807) is 43.7 Å². The zero-order valence-corrected chi connectivity index (χ0v) is 13.6. The molecule has 1 aromatic carbocycles. The van der Waals surface area contributed by atoms with Crippen molar-refractivity contribution in [3.8, 4) is 0 Å². The highest BCUT2D eigenvalue weighted by molar-refractivity contribution is 7.89. The van der Waals surface area contributed by atoms with E-state index < -0.39 is 10.0 Å². The van der Waals surface area contributed by atoms with Gasteiger partial charge >= 0.3 is 6.03 Å². The summed E-state index contributed by atoms with van der Waals surface area (Å²) in [6.45, 7) is 1.84. The molecule has 0 fully saturated rings. The Kier molecular flexibility index (Phi) is 4.97. The second-order valence-electron chi connectivity index (χ2n) is 5.07. The van der Waals surface area contributed by atoms with Crippen LogP contribution in [0.5, 0.6) is 0 Å². The van der Waals surface area contributed by atoms with Gasteiger partial charge in [0, 0.05) is 13.2 Å². The topological polar surface area (TPSA) is 105 Å². The van der Waals surface area contributed by atoms with Gasteiger partial charge < -0.3 is 10.2 Å². The molecular weight excluding hydrogens is 316 g/mol. The number of aromatic nitrogens is 1. The molecule has 1 atom stereocenters. The van der Waals surface area contributed by atoms with Crippen LogP contribution in [0.2, 0.25) is 0 Å². The molecule has 0 aliphatic carbocycles. The Hall–Kier alpha value is -2.45. The van der Waals surface area contributed by atoms with Gasteiger partial charge in [-0.25, -0.2) is 18.4 Å². The number of anilines is 1. The lowest BCUT2D eigenvalue weighted by Crippen LogP contribution is -2.33. The molecule has 3 N–H and O–H groups in total. The molecule has 8 heteroatoms. The molecule has 0 aliphatic heterocycles. The third kappa shape index (κ3) is 4.27. The van der Waals surface area contributed by atoms with Crippen LogP contribution in [-0.4, -0.2) is 31.4 Å². The minimum atomic E-state index is -3.72. The Morgan fingerprint density at radius 2 is 1.91 bits per heavy atom. The number of hydrogen-bond donors (Lipinski definition) is 2. The van der Waals surface area contributed by atoms with E-state index in [0.717, 1.165) is 5.56 Å². The molecule has 23 heavy (non-hydrogen) atoms. The molecule has 2 amide bonds. The van der Waals surface area contributed by atoms with Gasteiger partial charge in [0.05, 0.1) is 22.8 Å². The summed E-state index contributed by atoms with van der Waals surface area (Å²) in [7, 11) is -2.07. The van der Waals surface area contributed by atoms with Crippen LogP contribution in [0.25, 0.3) is 0 Å². The van der Waals surface area contributed by atoms with Crippen LogP contribution in [0.4, 0.5) is 10.5 Å². The molecule has 0 radical (unpaired) electrons. The highest BCUT2D eigenvalue weighted by Gasteiger charge is 2.18. The van der Waals surface area contributed by atoms with Crippen LogP contribution >= 0.6 is 0 Å². The van der Waals surface area contributed by atoms with E-state index in [0.29, 0.717) is 5.69 Å². The first kappa shape index (κ1) is 16.9. The van der Waals surface area contributed by atoms with E-state index in [-0.39, 0.29) is 17.0 Å². The predicted octanol–water partition coefficient (Wildman–Crippen LogP) is 1.95. The van der Waals surface area contributed by atoms with Gasteiger partial charge in [0.2, 0.25) is 10.0 Å². The van der Waals surface area contributed by atoms with Gasteiger partial charge in [0.25, 0.3) is 0 Å². The first-order valence-corrected chi connectivity index (χ1v) is 8.40. The van der Waals surface area contributed by atoms with Crippen molar-refractivity contribution >= 4 is 21.7 Å². The summed E-state index contributed by atoms with van der Waals surface area (Å²) in [6, 6.07) is 9.05. The summed E-state index contributed by atoms with van der Waals surface area (Å²) < 4.78 is 22.5. The number of hydrogen-bond acceptors (Lipinski definition) is 4. The number of sulfonamides is 1. The summed E-state index contributed by atoms with van der Waals surface area (Å²) >= 11 is 0. The number of carbonyl (C=O) groups excluding carboxylic acids is 1. The summed E-state index contributed by atoms with van der Waals surface area (Å²) in [5, 5.41) is 7.81. The number of urea groups is 1. The van der Waals surface area contributed by atoms with E-state index in [1.807, 2.05) is 6.92 Å². The molecule has 2 aromatic rings. The third-order valence-electron chi connectivity index (χ3n) is 3.51. The van der Waals surface area contributed by atoms with Crippen molar-refractivity contribution in [2.24, 2.45) is 5.14 Å². The maximum Gasteiger partial charge on any atom is 0.322 e. The number of nitrogens with two attached hydrogens (primary N) is 1. The van der Waals surface area contributed by atoms with Crippen LogP contribution in [0.3, 0.4) is 0 Å². The Balaban J connectivity index is 2.09. The summed E-state index contributed by atoms with van der Waals surface area (Å²) in [4.78, 5) is 17.7. The van der Waals surface area contributed by atoms with Crippen molar-refractivity contribution in [2.75, 3.05) is 12.4 Å². The number of rotatable bonds is 4. The number of carbonyl (C=O) groups is 1. The molecule has 7 nitrogen and oxygen atoms in total. The van der Waals surface area contributed by atoms with E-state index in [1.165, 1.54) is 17.0 Å². The molecular formula is C15H18N4O3S. The first-order valence-electron chi connectivity index (χ1n) is 6.85. The highest BCUT2D eigenvalue weighted by atomic mass is 32.2. The molecule has 1 heterocycles. The molecule has 0 saturated heterocycles. The SMILES string of the molecule is C[C@@H](c1ccc(S(N)(=O)=O)cc1)N(C)C(=O)Nc1cccnc1. The van der Waals surface area contributed by atoms with E-state index in [2.05, 4.69) is 10.3 Å². The zero-order valence-electron chi connectivity index (χ0n) is 12.8. The first-order chi connectivity index (χ1) is 10.8. The van der Waals surface area contributed by atoms with E-state index in [9.17, 15) is 13.2 Å². The van der Waals surface area contributed by atoms with Gasteiger partial charge in [-0.15, -0.1) is 0 Å². The lowest BCUT2D eigenvalue weighted by molar-refractivity contribution is 0.208. The number of primary sulfonamides is 1. The van der Waals surface area contributed by atoms with Gasteiger partial charge in [-0.3, -0.25) is 4.98 Å². The number of nitrogens with one attached hydrogen (secondary N) is 1. The van der Waals surface area contributed by atoms with Gasteiger partial charge in [-0.1, -0.05) is 12.1 Å². The van der Waals surface area contributed by atoms with Crippen molar-refractivity contribution in [1.82, 2.24) is 9.88 Å². The Morgan fingerprint density at radius 3 is 2.43 bits per heavy atom. The van der Waals surface area contributed by atoms with Crippen molar-refractivity contribution in [1.29, 1.82) is 0 Å². The Bertz CT molecular complexity index is 776. The Labute approximate surface area is 135 Å².